The highest BCUT2D eigenvalue weighted by molar-refractivity contribution is 5.10. The van der Waals surface area contributed by atoms with Gasteiger partial charge >= 0.3 is 12.4 Å². The zero-order chi connectivity index (χ0) is 13.3. The molecule has 0 aliphatic carbocycles. The van der Waals surface area contributed by atoms with Crippen LogP contribution < -0.4 is 0 Å². The summed E-state index contributed by atoms with van der Waals surface area (Å²) >= 11 is 0. The van der Waals surface area contributed by atoms with Crippen molar-refractivity contribution in [3.8, 4) is 0 Å². The molecule has 1 rings (SSSR count). The number of pyridine rings is 1. The summed E-state index contributed by atoms with van der Waals surface area (Å²) in [6, 6.07) is 3.54. The van der Waals surface area contributed by atoms with Gasteiger partial charge in [0, 0.05) is 18.3 Å². The van der Waals surface area contributed by atoms with Crippen LogP contribution in [0.3, 0.4) is 0 Å². The van der Waals surface area contributed by atoms with Crippen LogP contribution in [0.4, 0.5) is 26.3 Å². The molecule has 0 atom stereocenters. The van der Waals surface area contributed by atoms with Crippen molar-refractivity contribution in [3.05, 3.63) is 30.1 Å². The number of aliphatic hydroxyl groups is 1. The van der Waals surface area contributed by atoms with Crippen LogP contribution in [0.5, 0.6) is 0 Å². The third-order valence-electron chi connectivity index (χ3n) is 2.10. The van der Waals surface area contributed by atoms with E-state index in [1.54, 1.807) is 0 Å². The first-order valence-electron chi connectivity index (χ1n) is 4.34. The van der Waals surface area contributed by atoms with Gasteiger partial charge in [0.05, 0.1) is 0 Å². The van der Waals surface area contributed by atoms with Crippen LogP contribution in [0, 0.1) is 0 Å². The van der Waals surface area contributed by atoms with E-state index >= 15 is 0 Å². The molecule has 0 saturated heterocycles. The van der Waals surface area contributed by atoms with Gasteiger partial charge in [-0.05, 0) is 12.1 Å². The standard InChI is InChI=1S/C9H7F6NO/c10-8(11,12)7(17,9(13,14)15)5-6-3-1-2-4-16-6/h1-4,17H,5H2. The zero-order valence-corrected chi connectivity index (χ0v) is 8.18. The second-order valence-electron chi connectivity index (χ2n) is 3.35. The van der Waals surface area contributed by atoms with Gasteiger partial charge in [0.15, 0.2) is 0 Å². The Bertz CT molecular complexity index is 357. The monoisotopic (exact) mass is 259 g/mol. The van der Waals surface area contributed by atoms with Gasteiger partial charge in [-0.2, -0.15) is 26.3 Å². The lowest BCUT2D eigenvalue weighted by Gasteiger charge is -2.31. The lowest BCUT2D eigenvalue weighted by Crippen LogP contribution is -2.58. The van der Waals surface area contributed by atoms with E-state index in [4.69, 9.17) is 5.11 Å². The summed E-state index contributed by atoms with van der Waals surface area (Å²) in [4.78, 5) is 3.33. The van der Waals surface area contributed by atoms with Crippen molar-refractivity contribution in [1.29, 1.82) is 0 Å². The average Bonchev–Trinajstić information content (AvgIpc) is 2.15. The van der Waals surface area contributed by atoms with E-state index in [0.717, 1.165) is 12.3 Å². The van der Waals surface area contributed by atoms with E-state index in [2.05, 4.69) is 4.98 Å². The molecule has 2 nitrogen and oxygen atoms in total. The fourth-order valence-corrected chi connectivity index (χ4v) is 1.13. The van der Waals surface area contributed by atoms with Crippen LogP contribution in [0.1, 0.15) is 5.69 Å². The van der Waals surface area contributed by atoms with Gasteiger partial charge in [0.25, 0.3) is 5.60 Å². The Kier molecular flexibility index (Phi) is 3.37. The quantitative estimate of drug-likeness (QED) is 0.828. The van der Waals surface area contributed by atoms with E-state index in [9.17, 15) is 26.3 Å². The zero-order valence-electron chi connectivity index (χ0n) is 8.18. The summed E-state index contributed by atoms with van der Waals surface area (Å²) in [6.07, 6.45) is -12.3. The number of aromatic nitrogens is 1. The molecule has 17 heavy (non-hydrogen) atoms. The first-order valence-corrected chi connectivity index (χ1v) is 4.34. The van der Waals surface area contributed by atoms with Crippen LogP contribution in [0.15, 0.2) is 24.4 Å². The summed E-state index contributed by atoms with van der Waals surface area (Å²) in [5, 5.41) is 8.85. The third-order valence-corrected chi connectivity index (χ3v) is 2.10. The summed E-state index contributed by atoms with van der Waals surface area (Å²) < 4.78 is 73.7. The Balaban J connectivity index is 3.11. The summed E-state index contributed by atoms with van der Waals surface area (Å²) in [5.41, 5.74) is -5.28. The number of halogens is 6. The Labute approximate surface area is 91.9 Å². The van der Waals surface area contributed by atoms with E-state index < -0.39 is 30.1 Å². The Morgan fingerprint density at radius 1 is 1.00 bits per heavy atom. The van der Waals surface area contributed by atoms with Gasteiger partial charge in [-0.25, -0.2) is 0 Å². The number of hydrogen-bond acceptors (Lipinski definition) is 2. The van der Waals surface area contributed by atoms with Crippen LogP contribution in [-0.2, 0) is 6.42 Å². The minimum atomic E-state index is -5.82. The number of alkyl halides is 6. The fourth-order valence-electron chi connectivity index (χ4n) is 1.13. The molecule has 0 aliphatic heterocycles. The van der Waals surface area contributed by atoms with Gasteiger partial charge < -0.3 is 5.11 Å². The van der Waals surface area contributed by atoms with E-state index in [0.29, 0.717) is 0 Å². The van der Waals surface area contributed by atoms with Crippen LogP contribution in [0.2, 0.25) is 0 Å². The van der Waals surface area contributed by atoms with Gasteiger partial charge in [0.1, 0.15) is 0 Å². The summed E-state index contributed by atoms with van der Waals surface area (Å²) in [6.45, 7) is 0. The Morgan fingerprint density at radius 2 is 1.53 bits per heavy atom. The predicted molar refractivity (Wildman–Crippen MR) is 45.0 cm³/mol. The van der Waals surface area contributed by atoms with Gasteiger partial charge in [0.2, 0.25) is 0 Å². The van der Waals surface area contributed by atoms with Crippen molar-refractivity contribution >= 4 is 0 Å². The second kappa shape index (κ2) is 4.17. The molecule has 0 spiro atoms. The molecule has 0 aliphatic rings. The van der Waals surface area contributed by atoms with Crippen molar-refractivity contribution in [2.75, 3.05) is 0 Å². The molecule has 1 heterocycles. The number of hydrogen-bond donors (Lipinski definition) is 1. The SMILES string of the molecule is OC(Cc1ccccn1)(C(F)(F)F)C(F)(F)F. The van der Waals surface area contributed by atoms with E-state index in [1.165, 1.54) is 12.1 Å². The summed E-state index contributed by atoms with van der Waals surface area (Å²) in [7, 11) is 0. The van der Waals surface area contributed by atoms with Crippen molar-refractivity contribution in [3.63, 3.8) is 0 Å². The molecular formula is C9H7F6NO. The molecule has 1 N–H and O–H groups in total. The topological polar surface area (TPSA) is 33.1 Å². The van der Waals surface area contributed by atoms with E-state index in [-0.39, 0.29) is 0 Å². The van der Waals surface area contributed by atoms with Crippen molar-refractivity contribution in [1.82, 2.24) is 4.98 Å². The molecule has 0 unspecified atom stereocenters. The highest BCUT2D eigenvalue weighted by Crippen LogP contribution is 2.44. The average molecular weight is 259 g/mol. The molecular weight excluding hydrogens is 252 g/mol. The van der Waals surface area contributed by atoms with Crippen LogP contribution in [0.25, 0.3) is 0 Å². The van der Waals surface area contributed by atoms with Gasteiger partial charge in [-0.15, -0.1) is 0 Å². The van der Waals surface area contributed by atoms with Crippen molar-refractivity contribution in [2.45, 2.75) is 24.4 Å². The van der Waals surface area contributed by atoms with Gasteiger partial charge in [-0.1, -0.05) is 6.07 Å². The minimum absolute atomic E-state index is 0.496. The second-order valence-corrected chi connectivity index (χ2v) is 3.35. The molecule has 0 radical (unpaired) electrons. The molecule has 0 bridgehead atoms. The largest absolute Gasteiger partial charge is 0.426 e. The Morgan fingerprint density at radius 3 is 1.88 bits per heavy atom. The highest BCUT2D eigenvalue weighted by atomic mass is 19.4. The van der Waals surface area contributed by atoms with Crippen molar-refractivity contribution < 1.29 is 31.4 Å². The Hall–Kier alpha value is -1.31. The predicted octanol–water partition coefficient (Wildman–Crippen LogP) is 2.48. The maximum absolute atomic E-state index is 12.3. The van der Waals surface area contributed by atoms with Gasteiger partial charge in [-0.3, -0.25) is 4.98 Å². The molecule has 0 saturated carbocycles. The summed E-state index contributed by atoms with van der Waals surface area (Å²) in [5.74, 6) is 0. The smallest absolute Gasteiger partial charge is 0.373 e. The molecule has 96 valence electrons. The lowest BCUT2D eigenvalue weighted by atomic mass is 9.96. The number of nitrogens with zero attached hydrogens (tertiary/aromatic N) is 1. The van der Waals surface area contributed by atoms with Crippen LogP contribution >= 0.6 is 0 Å². The first kappa shape index (κ1) is 13.8. The highest BCUT2D eigenvalue weighted by Gasteiger charge is 2.70. The molecule has 8 heteroatoms. The maximum atomic E-state index is 12.3. The molecule has 0 amide bonds. The fraction of sp³-hybridized carbons (Fsp3) is 0.444. The molecule has 1 aromatic rings. The molecule has 0 aromatic carbocycles. The maximum Gasteiger partial charge on any atom is 0.426 e. The number of rotatable bonds is 2. The lowest BCUT2D eigenvalue weighted by molar-refractivity contribution is -0.367. The molecule has 0 fully saturated rings. The van der Waals surface area contributed by atoms with E-state index in [1.807, 2.05) is 0 Å². The minimum Gasteiger partial charge on any atom is -0.373 e. The molecule has 1 aromatic heterocycles. The van der Waals surface area contributed by atoms with Crippen LogP contribution in [-0.4, -0.2) is 28.0 Å². The van der Waals surface area contributed by atoms with Crippen molar-refractivity contribution in [2.24, 2.45) is 0 Å². The third kappa shape index (κ3) is 2.68. The normalized spacial score (nSPS) is 13.8. The first-order chi connectivity index (χ1) is 7.58.